The van der Waals surface area contributed by atoms with Crippen molar-refractivity contribution < 1.29 is 22.3 Å². The Balaban J connectivity index is 1.61. The van der Waals surface area contributed by atoms with Crippen LogP contribution in [-0.4, -0.2) is 36.5 Å². The number of nitrogens with one attached hydrogen (secondary N) is 1. The fourth-order valence-electron chi connectivity index (χ4n) is 3.85. The van der Waals surface area contributed by atoms with E-state index in [2.05, 4.69) is 10.2 Å². The van der Waals surface area contributed by atoms with Gasteiger partial charge in [0.2, 0.25) is 0 Å². The number of rotatable bonds is 5. The van der Waals surface area contributed by atoms with Crippen molar-refractivity contribution in [2.24, 2.45) is 5.41 Å². The van der Waals surface area contributed by atoms with Crippen LogP contribution in [0, 0.1) is 5.41 Å². The van der Waals surface area contributed by atoms with Crippen LogP contribution in [0.2, 0.25) is 0 Å². The highest BCUT2D eigenvalue weighted by molar-refractivity contribution is 7.79. The van der Waals surface area contributed by atoms with Gasteiger partial charge in [-0.3, -0.25) is 4.79 Å². The SMILES string of the molecule is O=C(Nc1cccc(S(=O)O)c1)c1ccc(S(=O)O)cc1N1CCC2(CC1)CC2. The molecule has 7 nitrogen and oxygen atoms in total. The lowest BCUT2D eigenvalue weighted by atomic mass is 9.93. The highest BCUT2D eigenvalue weighted by Gasteiger charge is 2.44. The van der Waals surface area contributed by atoms with E-state index in [1.165, 1.54) is 31.0 Å². The van der Waals surface area contributed by atoms with Crippen LogP contribution in [0.3, 0.4) is 0 Å². The number of piperidine rings is 1. The third-order valence-electron chi connectivity index (χ3n) is 5.83. The minimum atomic E-state index is -2.14. The maximum atomic E-state index is 13.0. The Morgan fingerprint density at radius 3 is 2.21 bits per heavy atom. The van der Waals surface area contributed by atoms with Crippen LogP contribution in [0.1, 0.15) is 36.0 Å². The summed E-state index contributed by atoms with van der Waals surface area (Å²) < 4.78 is 41.6. The van der Waals surface area contributed by atoms with Gasteiger partial charge in [-0.15, -0.1) is 0 Å². The summed E-state index contributed by atoms with van der Waals surface area (Å²) in [5, 5.41) is 2.76. The minimum Gasteiger partial charge on any atom is -0.371 e. The Morgan fingerprint density at radius 1 is 0.931 bits per heavy atom. The fourth-order valence-corrected chi connectivity index (χ4v) is 4.67. The summed E-state index contributed by atoms with van der Waals surface area (Å²) in [6.45, 7) is 1.61. The normalized spacial score (nSPS) is 19.6. The second-order valence-electron chi connectivity index (χ2n) is 7.65. The summed E-state index contributed by atoms with van der Waals surface area (Å²) in [6.07, 6.45) is 4.64. The van der Waals surface area contributed by atoms with Crippen molar-refractivity contribution in [3.8, 4) is 0 Å². The third-order valence-corrected chi connectivity index (χ3v) is 7.15. The molecule has 1 aliphatic carbocycles. The number of nitrogens with zero attached hydrogens (tertiary/aromatic N) is 1. The summed E-state index contributed by atoms with van der Waals surface area (Å²) in [7, 11) is 0. The molecule has 1 spiro atoms. The zero-order valence-electron chi connectivity index (χ0n) is 15.7. The van der Waals surface area contributed by atoms with Gasteiger partial charge in [0, 0.05) is 18.8 Å². The fraction of sp³-hybridized carbons (Fsp3) is 0.350. The monoisotopic (exact) mass is 434 g/mol. The van der Waals surface area contributed by atoms with Gasteiger partial charge in [0.1, 0.15) is 0 Å². The Kier molecular flexibility index (Phi) is 5.56. The predicted molar refractivity (Wildman–Crippen MR) is 112 cm³/mol. The average molecular weight is 435 g/mol. The van der Waals surface area contributed by atoms with E-state index in [0.717, 1.165) is 25.9 Å². The van der Waals surface area contributed by atoms with E-state index in [4.69, 9.17) is 0 Å². The molecule has 1 aliphatic heterocycles. The van der Waals surface area contributed by atoms with Gasteiger partial charge >= 0.3 is 0 Å². The summed E-state index contributed by atoms with van der Waals surface area (Å²) in [4.78, 5) is 15.5. The molecule has 9 heteroatoms. The zero-order chi connectivity index (χ0) is 20.6. The second kappa shape index (κ2) is 7.98. The Hall–Kier alpha value is -2.07. The van der Waals surface area contributed by atoms with E-state index >= 15 is 0 Å². The summed E-state index contributed by atoms with van der Waals surface area (Å²) in [5.74, 6) is -0.372. The molecule has 1 saturated heterocycles. The number of hydrogen-bond acceptors (Lipinski definition) is 4. The molecule has 154 valence electrons. The number of carbonyl (C=O) groups is 1. The van der Waals surface area contributed by atoms with Gasteiger partial charge in [-0.25, -0.2) is 8.42 Å². The molecular weight excluding hydrogens is 412 g/mol. The lowest BCUT2D eigenvalue weighted by Crippen LogP contribution is -2.35. The molecule has 0 bridgehead atoms. The molecule has 1 saturated carbocycles. The van der Waals surface area contributed by atoms with Crippen molar-refractivity contribution in [1.29, 1.82) is 0 Å². The summed E-state index contributed by atoms with van der Waals surface area (Å²) >= 11 is -4.27. The highest BCUT2D eigenvalue weighted by Crippen LogP contribution is 2.54. The molecule has 2 atom stereocenters. The zero-order valence-corrected chi connectivity index (χ0v) is 17.3. The summed E-state index contributed by atoms with van der Waals surface area (Å²) in [5.41, 5.74) is 1.92. The van der Waals surface area contributed by atoms with E-state index in [-0.39, 0.29) is 15.7 Å². The molecule has 2 aromatic rings. The minimum absolute atomic E-state index is 0.194. The average Bonchev–Trinajstić information content (AvgIpc) is 3.47. The van der Waals surface area contributed by atoms with E-state index in [0.29, 0.717) is 22.4 Å². The van der Waals surface area contributed by atoms with Crippen molar-refractivity contribution in [2.75, 3.05) is 23.3 Å². The largest absolute Gasteiger partial charge is 0.371 e. The second-order valence-corrected chi connectivity index (χ2v) is 9.59. The van der Waals surface area contributed by atoms with E-state index in [1.807, 2.05) is 0 Å². The Labute approximate surface area is 174 Å². The lowest BCUT2D eigenvalue weighted by molar-refractivity contribution is 0.102. The molecule has 2 aromatic carbocycles. The molecular formula is C20H22N2O5S2. The number of benzene rings is 2. The molecule has 4 rings (SSSR count). The summed E-state index contributed by atoms with van der Waals surface area (Å²) in [6, 6.07) is 10.8. The molecule has 2 fully saturated rings. The van der Waals surface area contributed by atoms with Crippen molar-refractivity contribution in [3.05, 3.63) is 48.0 Å². The van der Waals surface area contributed by atoms with E-state index in [9.17, 15) is 22.3 Å². The number of hydrogen-bond donors (Lipinski definition) is 3. The number of carbonyl (C=O) groups excluding carboxylic acids is 1. The van der Waals surface area contributed by atoms with E-state index in [1.54, 1.807) is 24.3 Å². The van der Waals surface area contributed by atoms with Crippen molar-refractivity contribution in [3.63, 3.8) is 0 Å². The van der Waals surface area contributed by atoms with Crippen LogP contribution in [0.5, 0.6) is 0 Å². The van der Waals surface area contributed by atoms with Crippen LogP contribution < -0.4 is 10.2 Å². The smallest absolute Gasteiger partial charge is 0.257 e. The van der Waals surface area contributed by atoms with Crippen LogP contribution in [-0.2, 0) is 22.2 Å². The van der Waals surface area contributed by atoms with Crippen molar-refractivity contribution in [1.82, 2.24) is 0 Å². The third kappa shape index (κ3) is 4.42. The Morgan fingerprint density at radius 2 is 1.59 bits per heavy atom. The van der Waals surface area contributed by atoms with Gasteiger partial charge in [-0.05, 0) is 67.5 Å². The first-order chi connectivity index (χ1) is 13.9. The van der Waals surface area contributed by atoms with Crippen LogP contribution in [0.4, 0.5) is 11.4 Å². The molecule has 2 unspecified atom stereocenters. The molecule has 2 aliphatic rings. The van der Waals surface area contributed by atoms with Crippen LogP contribution in [0.15, 0.2) is 52.3 Å². The van der Waals surface area contributed by atoms with Gasteiger partial charge in [0.25, 0.3) is 5.91 Å². The van der Waals surface area contributed by atoms with E-state index < -0.39 is 22.2 Å². The molecule has 0 radical (unpaired) electrons. The van der Waals surface area contributed by atoms with Crippen molar-refractivity contribution in [2.45, 2.75) is 35.5 Å². The van der Waals surface area contributed by atoms with Gasteiger partial charge in [-0.1, -0.05) is 6.07 Å². The van der Waals surface area contributed by atoms with Crippen LogP contribution in [0.25, 0.3) is 0 Å². The first kappa shape index (κ1) is 20.2. The van der Waals surface area contributed by atoms with Gasteiger partial charge in [0.05, 0.1) is 21.0 Å². The molecule has 0 aromatic heterocycles. The quantitative estimate of drug-likeness (QED) is 0.622. The highest BCUT2D eigenvalue weighted by atomic mass is 32.2. The molecule has 3 N–H and O–H groups in total. The predicted octanol–water partition coefficient (Wildman–Crippen LogP) is 3.48. The lowest BCUT2D eigenvalue weighted by Gasteiger charge is -2.35. The van der Waals surface area contributed by atoms with Gasteiger partial charge in [0.15, 0.2) is 22.2 Å². The maximum Gasteiger partial charge on any atom is 0.257 e. The van der Waals surface area contributed by atoms with Gasteiger partial charge < -0.3 is 19.3 Å². The first-order valence-corrected chi connectivity index (χ1v) is 11.6. The molecule has 29 heavy (non-hydrogen) atoms. The first-order valence-electron chi connectivity index (χ1n) is 9.39. The standard InChI is InChI=1S/C20H22N2O5S2/c23-19(21-14-2-1-3-15(12-14)28(24)25)17-5-4-16(29(26)27)13-18(17)22-10-8-20(6-7-20)9-11-22/h1-5,12-13H,6-11H2,(H,21,23)(H,24,25)(H,26,27). The van der Waals surface area contributed by atoms with Gasteiger partial charge in [-0.2, -0.15) is 0 Å². The Bertz CT molecular complexity index is 996. The topological polar surface area (TPSA) is 107 Å². The van der Waals surface area contributed by atoms with Crippen LogP contribution >= 0.6 is 0 Å². The number of anilines is 2. The molecule has 1 heterocycles. The molecule has 1 amide bonds. The van der Waals surface area contributed by atoms with Crippen molar-refractivity contribution >= 4 is 39.4 Å². The number of amides is 1. The maximum absolute atomic E-state index is 13.0.